The molecule has 11 heteroatoms. The van der Waals surface area contributed by atoms with E-state index in [2.05, 4.69) is 4.72 Å². The Morgan fingerprint density at radius 3 is 2.53 bits per heavy atom. The standard InChI is InChI=1S/C25H23N3O7S/c1-16-11-12-19(28(31)32)15-23(16)36(33,34)26-21-9-5-4-8-20(21)25(30)35-17(2)24(29)27-14-13-18-7-3-6-10-22(18)27/h3-12,15,17,26H,13-14H2,1-2H3. The van der Waals surface area contributed by atoms with Crippen LogP contribution in [0.25, 0.3) is 0 Å². The molecule has 0 saturated heterocycles. The molecule has 4 rings (SSSR count). The summed E-state index contributed by atoms with van der Waals surface area (Å²) in [6.45, 7) is 3.43. The lowest BCUT2D eigenvalue weighted by atomic mass is 10.2. The van der Waals surface area contributed by atoms with Crippen molar-refractivity contribution >= 4 is 39.0 Å². The van der Waals surface area contributed by atoms with Crippen LogP contribution in [0.2, 0.25) is 0 Å². The maximum absolute atomic E-state index is 13.0. The summed E-state index contributed by atoms with van der Waals surface area (Å²) in [5.74, 6) is -1.28. The molecular formula is C25H23N3O7S. The number of carbonyl (C=O) groups is 2. The third kappa shape index (κ3) is 4.91. The van der Waals surface area contributed by atoms with Crippen molar-refractivity contribution in [2.75, 3.05) is 16.2 Å². The number of hydrogen-bond donors (Lipinski definition) is 1. The number of esters is 1. The number of non-ortho nitro benzene ring substituents is 1. The van der Waals surface area contributed by atoms with Gasteiger partial charge in [-0.1, -0.05) is 36.4 Å². The average Bonchev–Trinajstić information content (AvgIpc) is 3.27. The minimum atomic E-state index is -4.28. The Morgan fingerprint density at radius 1 is 1.08 bits per heavy atom. The van der Waals surface area contributed by atoms with Gasteiger partial charge >= 0.3 is 5.97 Å². The maximum atomic E-state index is 13.0. The monoisotopic (exact) mass is 509 g/mol. The van der Waals surface area contributed by atoms with E-state index >= 15 is 0 Å². The van der Waals surface area contributed by atoms with Crippen LogP contribution in [-0.2, 0) is 26.0 Å². The summed E-state index contributed by atoms with van der Waals surface area (Å²) in [7, 11) is -4.28. The Bertz CT molecular complexity index is 1470. The molecule has 1 unspecified atom stereocenters. The summed E-state index contributed by atoms with van der Waals surface area (Å²) in [6.07, 6.45) is -0.420. The molecule has 3 aromatic rings. The normalized spacial score (nSPS) is 13.6. The summed E-state index contributed by atoms with van der Waals surface area (Å²) in [4.78, 5) is 37.6. The molecule has 0 bridgehead atoms. The minimum Gasteiger partial charge on any atom is -0.449 e. The molecule has 0 fully saturated rings. The molecule has 0 spiro atoms. The van der Waals surface area contributed by atoms with E-state index in [9.17, 15) is 28.1 Å². The largest absolute Gasteiger partial charge is 0.449 e. The number of amides is 1. The van der Waals surface area contributed by atoms with Gasteiger partial charge in [-0.05, 0) is 49.6 Å². The predicted molar refractivity (Wildman–Crippen MR) is 132 cm³/mol. The van der Waals surface area contributed by atoms with Crippen molar-refractivity contribution < 1.29 is 27.7 Å². The van der Waals surface area contributed by atoms with Crippen LogP contribution in [0.3, 0.4) is 0 Å². The predicted octanol–water partition coefficient (Wildman–Crippen LogP) is 3.84. The maximum Gasteiger partial charge on any atom is 0.341 e. The highest BCUT2D eigenvalue weighted by molar-refractivity contribution is 7.92. The van der Waals surface area contributed by atoms with Crippen LogP contribution in [0.5, 0.6) is 0 Å². The van der Waals surface area contributed by atoms with Crippen molar-refractivity contribution in [3.05, 3.63) is 93.5 Å². The fourth-order valence-corrected chi connectivity index (χ4v) is 5.35. The summed E-state index contributed by atoms with van der Waals surface area (Å²) in [6, 6.07) is 16.7. The second kappa shape index (κ2) is 9.78. The van der Waals surface area contributed by atoms with Crippen molar-refractivity contribution in [1.82, 2.24) is 0 Å². The lowest BCUT2D eigenvalue weighted by molar-refractivity contribution is -0.385. The Labute approximate surface area is 207 Å². The molecule has 1 aliphatic rings. The number of anilines is 2. The summed E-state index contributed by atoms with van der Waals surface area (Å²) < 4.78 is 33.8. The van der Waals surface area contributed by atoms with Gasteiger partial charge in [-0.3, -0.25) is 19.6 Å². The van der Waals surface area contributed by atoms with Crippen LogP contribution in [0.4, 0.5) is 17.1 Å². The first-order valence-electron chi connectivity index (χ1n) is 11.1. The van der Waals surface area contributed by atoms with Gasteiger partial charge in [-0.25, -0.2) is 13.2 Å². The lowest BCUT2D eigenvalue weighted by Gasteiger charge is -2.22. The molecule has 0 saturated carbocycles. The SMILES string of the molecule is Cc1ccc([N+](=O)[O-])cc1S(=O)(=O)Nc1ccccc1C(=O)OC(C)C(=O)N1CCc2ccccc21. The van der Waals surface area contributed by atoms with Crippen molar-refractivity contribution in [3.8, 4) is 0 Å². The van der Waals surface area contributed by atoms with E-state index in [-0.39, 0.29) is 21.8 Å². The Hall–Kier alpha value is -4.25. The fraction of sp³-hybridized carbons (Fsp3) is 0.200. The smallest absolute Gasteiger partial charge is 0.341 e. The Morgan fingerprint density at radius 2 is 1.78 bits per heavy atom. The number of para-hydroxylation sites is 2. The number of nitrogens with zero attached hydrogens (tertiary/aromatic N) is 2. The van der Waals surface area contributed by atoms with Crippen molar-refractivity contribution in [2.45, 2.75) is 31.3 Å². The van der Waals surface area contributed by atoms with E-state index < -0.39 is 32.9 Å². The minimum absolute atomic E-state index is 0.0837. The van der Waals surface area contributed by atoms with Crippen LogP contribution < -0.4 is 9.62 Å². The zero-order valence-electron chi connectivity index (χ0n) is 19.5. The molecule has 1 atom stereocenters. The van der Waals surface area contributed by atoms with Gasteiger partial charge in [-0.15, -0.1) is 0 Å². The van der Waals surface area contributed by atoms with Gasteiger partial charge in [0.25, 0.3) is 21.6 Å². The van der Waals surface area contributed by atoms with Crippen LogP contribution in [-0.4, -0.2) is 37.9 Å². The van der Waals surface area contributed by atoms with E-state index in [1.54, 1.807) is 4.90 Å². The molecule has 10 nitrogen and oxygen atoms in total. The molecule has 3 aromatic carbocycles. The Kier molecular flexibility index (Phi) is 6.75. The van der Waals surface area contributed by atoms with E-state index in [4.69, 9.17) is 4.74 Å². The van der Waals surface area contributed by atoms with Gasteiger partial charge in [0.15, 0.2) is 6.10 Å². The summed E-state index contributed by atoms with van der Waals surface area (Å²) in [5.41, 5.74) is 1.51. The molecule has 1 N–H and O–H groups in total. The van der Waals surface area contributed by atoms with Crippen molar-refractivity contribution in [1.29, 1.82) is 0 Å². The van der Waals surface area contributed by atoms with E-state index in [1.165, 1.54) is 50.2 Å². The number of ether oxygens (including phenoxy) is 1. The molecule has 0 aliphatic carbocycles. The first-order chi connectivity index (χ1) is 17.1. The van der Waals surface area contributed by atoms with Gasteiger partial charge in [0, 0.05) is 24.4 Å². The molecular weight excluding hydrogens is 486 g/mol. The van der Waals surface area contributed by atoms with Crippen LogP contribution in [0.1, 0.15) is 28.4 Å². The quantitative estimate of drug-likeness (QED) is 0.290. The number of rotatable bonds is 7. The molecule has 1 amide bonds. The molecule has 1 aliphatic heterocycles. The van der Waals surface area contributed by atoms with Gasteiger partial charge < -0.3 is 9.64 Å². The van der Waals surface area contributed by atoms with Gasteiger partial charge in [0.05, 0.1) is 21.1 Å². The number of benzene rings is 3. The number of nitro benzene ring substituents is 1. The highest BCUT2D eigenvalue weighted by atomic mass is 32.2. The van der Waals surface area contributed by atoms with Gasteiger partial charge in [0.1, 0.15) is 0 Å². The molecule has 0 radical (unpaired) electrons. The molecule has 0 aromatic heterocycles. The molecule has 36 heavy (non-hydrogen) atoms. The number of nitrogens with one attached hydrogen (secondary N) is 1. The zero-order chi connectivity index (χ0) is 26.0. The number of sulfonamides is 1. The van der Waals surface area contributed by atoms with Crippen molar-refractivity contribution in [3.63, 3.8) is 0 Å². The number of carbonyl (C=O) groups excluding carboxylic acids is 2. The second-order valence-electron chi connectivity index (χ2n) is 8.27. The third-order valence-electron chi connectivity index (χ3n) is 5.85. The summed E-state index contributed by atoms with van der Waals surface area (Å²) >= 11 is 0. The fourth-order valence-electron chi connectivity index (χ4n) is 4.00. The first kappa shape index (κ1) is 24.9. The zero-order valence-corrected chi connectivity index (χ0v) is 20.3. The molecule has 1 heterocycles. The topological polar surface area (TPSA) is 136 Å². The number of fused-ring (bicyclic) bond motifs is 1. The van der Waals surface area contributed by atoms with Gasteiger partial charge in [-0.2, -0.15) is 0 Å². The summed E-state index contributed by atoms with van der Waals surface area (Å²) in [5, 5.41) is 11.1. The van der Waals surface area contributed by atoms with E-state index in [0.29, 0.717) is 18.5 Å². The number of aryl methyl sites for hydroxylation is 1. The van der Waals surface area contributed by atoms with Crippen molar-refractivity contribution in [2.24, 2.45) is 0 Å². The number of nitro groups is 1. The Balaban J connectivity index is 1.54. The highest BCUT2D eigenvalue weighted by Crippen LogP contribution is 2.29. The van der Waals surface area contributed by atoms with Crippen LogP contribution in [0.15, 0.2) is 71.6 Å². The lowest BCUT2D eigenvalue weighted by Crippen LogP contribution is -2.39. The van der Waals surface area contributed by atoms with E-state index in [1.807, 2.05) is 24.3 Å². The second-order valence-corrected chi connectivity index (χ2v) is 9.92. The third-order valence-corrected chi connectivity index (χ3v) is 7.36. The van der Waals surface area contributed by atoms with Crippen LogP contribution >= 0.6 is 0 Å². The van der Waals surface area contributed by atoms with Gasteiger partial charge in [0.2, 0.25) is 0 Å². The average molecular weight is 510 g/mol. The highest BCUT2D eigenvalue weighted by Gasteiger charge is 2.31. The van der Waals surface area contributed by atoms with Crippen LogP contribution in [0, 0.1) is 17.0 Å². The molecule has 186 valence electrons. The van der Waals surface area contributed by atoms with E-state index in [0.717, 1.165) is 17.3 Å². The number of hydrogen-bond acceptors (Lipinski definition) is 7. The first-order valence-corrected chi connectivity index (χ1v) is 12.5.